The third-order valence-electron chi connectivity index (χ3n) is 4.51. The molecule has 0 aromatic heterocycles. The predicted molar refractivity (Wildman–Crippen MR) is 100 cm³/mol. The Hall–Kier alpha value is -2.08. The molecule has 0 aliphatic carbocycles. The summed E-state index contributed by atoms with van der Waals surface area (Å²) in [5, 5.41) is 8.99. The van der Waals surface area contributed by atoms with Crippen molar-refractivity contribution in [3.63, 3.8) is 0 Å². The Labute approximate surface area is 155 Å². The van der Waals surface area contributed by atoms with Crippen molar-refractivity contribution in [1.82, 2.24) is 9.80 Å². The fourth-order valence-electron chi connectivity index (χ4n) is 3.14. The minimum atomic E-state index is -0.914. The number of carboxylic acid groups (broad SMARTS) is 1. The van der Waals surface area contributed by atoms with E-state index in [2.05, 4.69) is 18.7 Å². The Morgan fingerprint density at radius 2 is 1.81 bits per heavy atom. The lowest BCUT2D eigenvalue weighted by Gasteiger charge is -2.43. The normalized spacial score (nSPS) is 18.8. The van der Waals surface area contributed by atoms with Gasteiger partial charge in [-0.1, -0.05) is 26.0 Å². The maximum Gasteiger partial charge on any atom is 0.410 e. The van der Waals surface area contributed by atoms with E-state index in [0.29, 0.717) is 18.0 Å². The van der Waals surface area contributed by atoms with Crippen LogP contribution in [0.5, 0.6) is 0 Å². The van der Waals surface area contributed by atoms with E-state index in [9.17, 15) is 9.59 Å². The summed E-state index contributed by atoms with van der Waals surface area (Å²) in [6.07, 6.45) is -0.248. The van der Waals surface area contributed by atoms with Crippen molar-refractivity contribution < 1.29 is 19.4 Å². The average molecular weight is 362 g/mol. The summed E-state index contributed by atoms with van der Waals surface area (Å²) in [7, 11) is 0. The van der Waals surface area contributed by atoms with E-state index in [1.165, 1.54) is 0 Å². The number of aromatic carboxylic acids is 1. The van der Waals surface area contributed by atoms with Crippen LogP contribution in [-0.2, 0) is 11.3 Å². The Morgan fingerprint density at radius 1 is 1.19 bits per heavy atom. The van der Waals surface area contributed by atoms with Gasteiger partial charge < -0.3 is 14.7 Å². The SMILES string of the molecule is CC(C)[C@H]1CN(Cc2ccc(C(=O)O)cc2)CCN1C(=O)OC(C)(C)C. The fourth-order valence-corrected chi connectivity index (χ4v) is 3.14. The highest BCUT2D eigenvalue weighted by Crippen LogP contribution is 2.22. The number of amides is 1. The van der Waals surface area contributed by atoms with Crippen LogP contribution in [0.1, 0.15) is 50.5 Å². The van der Waals surface area contributed by atoms with Crippen molar-refractivity contribution in [2.75, 3.05) is 19.6 Å². The number of carboxylic acids is 1. The molecule has 6 nitrogen and oxygen atoms in total. The molecule has 1 aliphatic heterocycles. The second kappa shape index (κ2) is 8.08. The van der Waals surface area contributed by atoms with Gasteiger partial charge in [0.05, 0.1) is 11.6 Å². The maximum absolute atomic E-state index is 12.5. The molecule has 26 heavy (non-hydrogen) atoms. The zero-order chi connectivity index (χ0) is 19.5. The molecule has 1 amide bonds. The van der Waals surface area contributed by atoms with Crippen LogP contribution in [0.15, 0.2) is 24.3 Å². The second-order valence-electron chi connectivity index (χ2n) is 8.22. The number of piperazine rings is 1. The van der Waals surface area contributed by atoms with E-state index >= 15 is 0 Å². The molecule has 1 aliphatic rings. The van der Waals surface area contributed by atoms with Gasteiger partial charge in [0.25, 0.3) is 0 Å². The van der Waals surface area contributed by atoms with Crippen LogP contribution in [0, 0.1) is 5.92 Å². The molecule has 6 heteroatoms. The summed E-state index contributed by atoms with van der Waals surface area (Å²) < 4.78 is 5.56. The molecule has 144 valence electrons. The van der Waals surface area contributed by atoms with Gasteiger partial charge in [0.1, 0.15) is 5.60 Å². The molecule has 1 saturated heterocycles. The van der Waals surface area contributed by atoms with Gasteiger partial charge in [0, 0.05) is 26.2 Å². The number of benzene rings is 1. The minimum Gasteiger partial charge on any atom is -0.478 e. The van der Waals surface area contributed by atoms with Gasteiger partial charge >= 0.3 is 12.1 Å². The van der Waals surface area contributed by atoms with Gasteiger partial charge in [-0.25, -0.2) is 9.59 Å². The Kier molecular flexibility index (Phi) is 6.29. The fraction of sp³-hybridized carbons (Fsp3) is 0.600. The van der Waals surface area contributed by atoms with E-state index in [4.69, 9.17) is 9.84 Å². The summed E-state index contributed by atoms with van der Waals surface area (Å²) in [5.41, 5.74) is 0.869. The van der Waals surface area contributed by atoms with Crippen molar-refractivity contribution in [3.8, 4) is 0 Å². The lowest BCUT2D eigenvalue weighted by atomic mass is 9.99. The molecule has 1 aromatic carbocycles. The second-order valence-corrected chi connectivity index (χ2v) is 8.22. The smallest absolute Gasteiger partial charge is 0.410 e. The van der Waals surface area contributed by atoms with Gasteiger partial charge in [0.2, 0.25) is 0 Å². The first kappa shape index (κ1) is 20.2. The summed E-state index contributed by atoms with van der Waals surface area (Å²) in [4.78, 5) is 27.6. The summed E-state index contributed by atoms with van der Waals surface area (Å²) >= 11 is 0. The first-order valence-electron chi connectivity index (χ1n) is 9.11. The molecular weight excluding hydrogens is 332 g/mol. The lowest BCUT2D eigenvalue weighted by Crippen LogP contribution is -2.57. The Balaban J connectivity index is 2.02. The van der Waals surface area contributed by atoms with Gasteiger partial charge in [-0.3, -0.25) is 4.90 Å². The van der Waals surface area contributed by atoms with Crippen LogP contribution in [0.3, 0.4) is 0 Å². The monoisotopic (exact) mass is 362 g/mol. The average Bonchev–Trinajstić information content (AvgIpc) is 2.53. The van der Waals surface area contributed by atoms with E-state index in [1.54, 1.807) is 12.1 Å². The third kappa shape index (κ3) is 5.46. The molecule has 0 spiro atoms. The van der Waals surface area contributed by atoms with Gasteiger partial charge in [-0.15, -0.1) is 0 Å². The predicted octanol–water partition coefficient (Wildman–Crippen LogP) is 3.46. The lowest BCUT2D eigenvalue weighted by molar-refractivity contribution is -0.0106. The number of ether oxygens (including phenoxy) is 1. The van der Waals surface area contributed by atoms with Crippen LogP contribution >= 0.6 is 0 Å². The molecule has 0 radical (unpaired) electrons. The Morgan fingerprint density at radius 3 is 2.31 bits per heavy atom. The van der Waals surface area contributed by atoms with E-state index < -0.39 is 11.6 Å². The van der Waals surface area contributed by atoms with E-state index in [1.807, 2.05) is 37.8 Å². The number of carbonyl (C=O) groups excluding carboxylic acids is 1. The summed E-state index contributed by atoms with van der Waals surface area (Å²) in [6.45, 7) is 12.8. The van der Waals surface area contributed by atoms with Crippen LogP contribution < -0.4 is 0 Å². The van der Waals surface area contributed by atoms with Crippen molar-refractivity contribution in [2.45, 2.75) is 52.8 Å². The highest BCUT2D eigenvalue weighted by molar-refractivity contribution is 5.87. The molecule has 1 heterocycles. The number of carbonyl (C=O) groups is 2. The number of hydrogen-bond acceptors (Lipinski definition) is 4. The van der Waals surface area contributed by atoms with Gasteiger partial charge in [-0.2, -0.15) is 0 Å². The molecule has 1 fully saturated rings. The molecular formula is C20H30N2O4. The first-order chi connectivity index (χ1) is 12.1. The number of rotatable bonds is 4. The first-order valence-corrected chi connectivity index (χ1v) is 9.11. The molecule has 0 unspecified atom stereocenters. The minimum absolute atomic E-state index is 0.0943. The highest BCUT2D eigenvalue weighted by atomic mass is 16.6. The summed E-state index contributed by atoms with van der Waals surface area (Å²) in [6, 6.07) is 7.07. The molecule has 1 atom stereocenters. The van der Waals surface area contributed by atoms with E-state index in [-0.39, 0.29) is 12.1 Å². The Bertz CT molecular complexity index is 634. The molecule has 1 aromatic rings. The van der Waals surface area contributed by atoms with Crippen molar-refractivity contribution in [2.24, 2.45) is 5.92 Å². The molecule has 2 rings (SSSR count). The zero-order valence-corrected chi connectivity index (χ0v) is 16.4. The largest absolute Gasteiger partial charge is 0.478 e. The maximum atomic E-state index is 12.5. The molecule has 0 bridgehead atoms. The van der Waals surface area contributed by atoms with Gasteiger partial charge in [-0.05, 0) is 44.4 Å². The topological polar surface area (TPSA) is 70.1 Å². The number of nitrogens with zero attached hydrogens (tertiary/aromatic N) is 2. The van der Waals surface area contributed by atoms with Crippen molar-refractivity contribution in [3.05, 3.63) is 35.4 Å². The van der Waals surface area contributed by atoms with Crippen LogP contribution in [0.25, 0.3) is 0 Å². The van der Waals surface area contributed by atoms with Crippen LogP contribution in [0.4, 0.5) is 4.79 Å². The molecule has 1 N–H and O–H groups in total. The highest BCUT2D eigenvalue weighted by Gasteiger charge is 2.34. The summed E-state index contributed by atoms with van der Waals surface area (Å²) in [5.74, 6) is -0.595. The third-order valence-corrected chi connectivity index (χ3v) is 4.51. The van der Waals surface area contributed by atoms with Crippen molar-refractivity contribution in [1.29, 1.82) is 0 Å². The van der Waals surface area contributed by atoms with Crippen LogP contribution in [-0.4, -0.2) is 58.2 Å². The van der Waals surface area contributed by atoms with Crippen LogP contribution in [0.2, 0.25) is 0 Å². The van der Waals surface area contributed by atoms with Crippen molar-refractivity contribution >= 4 is 12.1 Å². The number of hydrogen-bond donors (Lipinski definition) is 1. The molecule has 0 saturated carbocycles. The van der Waals surface area contributed by atoms with Gasteiger partial charge in [0.15, 0.2) is 0 Å². The van der Waals surface area contributed by atoms with E-state index in [0.717, 1.165) is 25.2 Å². The quantitative estimate of drug-likeness (QED) is 0.888. The zero-order valence-electron chi connectivity index (χ0n) is 16.4. The standard InChI is InChI=1S/C20H30N2O4/c1-14(2)17-13-21(10-11-22(17)19(25)26-20(3,4)5)12-15-6-8-16(9-7-15)18(23)24/h6-9,14,17H,10-13H2,1-5H3,(H,23,24)/t17-/m1/s1.